The van der Waals surface area contributed by atoms with Gasteiger partial charge in [-0.15, -0.1) is 0 Å². The van der Waals surface area contributed by atoms with Crippen molar-refractivity contribution < 1.29 is 0 Å². The third-order valence-corrected chi connectivity index (χ3v) is 3.49. The Kier molecular flexibility index (Phi) is 2.59. The summed E-state index contributed by atoms with van der Waals surface area (Å²) in [4.78, 5) is 0. The standard InChI is InChI=1S/C12H18N2S/c1-12(2,3)15-14-7-6-9-4-5-10(13)8-11(9)14/h4-5,8H,6-7,13H2,1-3H3. The predicted molar refractivity (Wildman–Crippen MR) is 69.2 cm³/mol. The van der Waals surface area contributed by atoms with Gasteiger partial charge >= 0.3 is 0 Å². The van der Waals surface area contributed by atoms with Crippen molar-refractivity contribution in [2.24, 2.45) is 0 Å². The van der Waals surface area contributed by atoms with E-state index in [1.807, 2.05) is 18.0 Å². The van der Waals surface area contributed by atoms with Crippen LogP contribution in [0.1, 0.15) is 26.3 Å². The molecular formula is C12H18N2S. The summed E-state index contributed by atoms with van der Waals surface area (Å²) in [5.41, 5.74) is 9.40. The van der Waals surface area contributed by atoms with Crippen LogP contribution in [-0.2, 0) is 6.42 Å². The van der Waals surface area contributed by atoms with Crippen LogP contribution in [0.15, 0.2) is 18.2 Å². The van der Waals surface area contributed by atoms with Crippen molar-refractivity contribution in [3.63, 3.8) is 0 Å². The second kappa shape index (κ2) is 3.63. The van der Waals surface area contributed by atoms with Crippen LogP contribution in [0.2, 0.25) is 0 Å². The average Bonchev–Trinajstić information content (AvgIpc) is 2.46. The van der Waals surface area contributed by atoms with E-state index in [4.69, 9.17) is 5.73 Å². The van der Waals surface area contributed by atoms with E-state index in [1.54, 1.807) is 0 Å². The van der Waals surface area contributed by atoms with Crippen molar-refractivity contribution in [3.05, 3.63) is 23.8 Å². The number of hydrogen-bond donors (Lipinski definition) is 1. The van der Waals surface area contributed by atoms with Crippen molar-refractivity contribution in [2.75, 3.05) is 16.6 Å². The molecule has 2 rings (SSSR count). The highest BCUT2D eigenvalue weighted by Gasteiger charge is 2.24. The number of nitrogens with two attached hydrogens (primary N) is 1. The molecule has 3 heteroatoms. The van der Waals surface area contributed by atoms with Crippen LogP contribution < -0.4 is 10.0 Å². The third kappa shape index (κ3) is 2.40. The lowest BCUT2D eigenvalue weighted by Gasteiger charge is -2.27. The van der Waals surface area contributed by atoms with Crippen LogP contribution >= 0.6 is 11.9 Å². The van der Waals surface area contributed by atoms with E-state index < -0.39 is 0 Å². The average molecular weight is 222 g/mol. The molecule has 0 fully saturated rings. The van der Waals surface area contributed by atoms with Crippen molar-refractivity contribution in [2.45, 2.75) is 31.9 Å². The molecule has 2 nitrogen and oxygen atoms in total. The normalized spacial score (nSPS) is 15.5. The first-order valence-electron chi connectivity index (χ1n) is 5.31. The van der Waals surface area contributed by atoms with Crippen LogP contribution in [-0.4, -0.2) is 11.3 Å². The first-order valence-corrected chi connectivity index (χ1v) is 6.08. The van der Waals surface area contributed by atoms with E-state index in [9.17, 15) is 0 Å². The zero-order valence-corrected chi connectivity index (χ0v) is 10.4. The van der Waals surface area contributed by atoms with E-state index in [1.165, 1.54) is 11.3 Å². The Labute approximate surface area is 96.0 Å². The van der Waals surface area contributed by atoms with Crippen LogP contribution in [0.25, 0.3) is 0 Å². The van der Waals surface area contributed by atoms with E-state index in [0.717, 1.165) is 18.7 Å². The number of nitrogen functional groups attached to an aromatic ring is 1. The Morgan fingerprint density at radius 3 is 2.73 bits per heavy atom. The Bertz CT molecular complexity index is 368. The largest absolute Gasteiger partial charge is 0.399 e. The zero-order chi connectivity index (χ0) is 11.1. The fourth-order valence-corrected chi connectivity index (χ4v) is 2.90. The van der Waals surface area contributed by atoms with Crippen molar-refractivity contribution in [1.82, 2.24) is 0 Å². The lowest BCUT2D eigenvalue weighted by atomic mass is 10.1. The predicted octanol–water partition coefficient (Wildman–Crippen LogP) is 3.08. The minimum atomic E-state index is 0.256. The number of benzene rings is 1. The summed E-state index contributed by atoms with van der Waals surface area (Å²) in [7, 11) is 0. The van der Waals surface area contributed by atoms with Crippen molar-refractivity contribution in [3.8, 4) is 0 Å². The second-order valence-electron chi connectivity index (χ2n) is 4.94. The molecule has 0 spiro atoms. The summed E-state index contributed by atoms with van der Waals surface area (Å²) in [6, 6.07) is 6.22. The number of hydrogen-bond acceptors (Lipinski definition) is 3. The molecule has 0 bridgehead atoms. The summed E-state index contributed by atoms with van der Waals surface area (Å²) in [6.07, 6.45) is 1.14. The molecular weight excluding hydrogens is 204 g/mol. The van der Waals surface area contributed by atoms with Gasteiger partial charge in [0.05, 0.1) is 5.69 Å². The van der Waals surface area contributed by atoms with Gasteiger partial charge in [-0.2, -0.15) is 0 Å². The number of rotatable bonds is 1. The maximum Gasteiger partial charge on any atom is 0.0523 e. The van der Waals surface area contributed by atoms with Gasteiger partial charge in [0, 0.05) is 17.0 Å². The third-order valence-electron chi connectivity index (χ3n) is 2.35. The molecule has 1 heterocycles. The molecule has 0 saturated heterocycles. The van der Waals surface area contributed by atoms with Gasteiger partial charge in [-0.05, 0) is 56.8 Å². The molecule has 0 aromatic heterocycles. The molecule has 0 radical (unpaired) electrons. The fraction of sp³-hybridized carbons (Fsp3) is 0.500. The molecule has 1 aromatic rings. The van der Waals surface area contributed by atoms with E-state index >= 15 is 0 Å². The van der Waals surface area contributed by atoms with Crippen LogP contribution in [0.4, 0.5) is 11.4 Å². The molecule has 15 heavy (non-hydrogen) atoms. The van der Waals surface area contributed by atoms with Crippen molar-refractivity contribution in [1.29, 1.82) is 0 Å². The molecule has 82 valence electrons. The molecule has 1 aliphatic heterocycles. The molecule has 1 aliphatic rings. The molecule has 0 unspecified atom stereocenters. The molecule has 0 atom stereocenters. The molecule has 2 N–H and O–H groups in total. The molecule has 0 aliphatic carbocycles. The quantitative estimate of drug-likeness (QED) is 0.585. The maximum atomic E-state index is 5.82. The fourth-order valence-electron chi connectivity index (χ4n) is 1.79. The highest BCUT2D eigenvalue weighted by atomic mass is 32.2. The Balaban J connectivity index is 2.24. The van der Waals surface area contributed by atoms with Gasteiger partial charge in [-0.25, -0.2) is 0 Å². The lowest BCUT2D eigenvalue weighted by Crippen LogP contribution is -2.21. The first-order chi connectivity index (χ1) is 6.96. The minimum absolute atomic E-state index is 0.256. The highest BCUT2D eigenvalue weighted by Crippen LogP contribution is 2.39. The van der Waals surface area contributed by atoms with Gasteiger partial charge in [0.25, 0.3) is 0 Å². The summed E-state index contributed by atoms with van der Waals surface area (Å²) >= 11 is 1.89. The smallest absolute Gasteiger partial charge is 0.0523 e. The summed E-state index contributed by atoms with van der Waals surface area (Å²) in [5, 5.41) is 0. The Morgan fingerprint density at radius 2 is 2.07 bits per heavy atom. The molecule has 0 amide bonds. The number of nitrogens with zero attached hydrogens (tertiary/aromatic N) is 1. The van der Waals surface area contributed by atoms with E-state index in [0.29, 0.717) is 0 Å². The van der Waals surface area contributed by atoms with Gasteiger partial charge in [-0.3, -0.25) is 0 Å². The van der Waals surface area contributed by atoms with Gasteiger partial charge in [0.1, 0.15) is 0 Å². The van der Waals surface area contributed by atoms with Crippen LogP contribution in [0.3, 0.4) is 0 Å². The van der Waals surface area contributed by atoms with Gasteiger partial charge < -0.3 is 10.0 Å². The summed E-state index contributed by atoms with van der Waals surface area (Å²) in [6.45, 7) is 7.81. The number of anilines is 2. The topological polar surface area (TPSA) is 29.3 Å². The Hall–Kier alpha value is -0.830. The SMILES string of the molecule is CC(C)(C)SN1CCc2ccc(N)cc21. The van der Waals surface area contributed by atoms with Crippen molar-refractivity contribution >= 4 is 23.3 Å². The number of fused-ring (bicyclic) bond motifs is 1. The highest BCUT2D eigenvalue weighted by molar-refractivity contribution is 8.01. The molecule has 1 aromatic carbocycles. The summed E-state index contributed by atoms with van der Waals surface area (Å²) < 4.78 is 2.62. The van der Waals surface area contributed by atoms with Crippen LogP contribution in [0.5, 0.6) is 0 Å². The Morgan fingerprint density at radius 1 is 1.33 bits per heavy atom. The molecule has 0 saturated carbocycles. The van der Waals surface area contributed by atoms with Crippen LogP contribution in [0, 0.1) is 0 Å². The first kappa shape index (κ1) is 10.7. The van der Waals surface area contributed by atoms with Gasteiger partial charge in [-0.1, -0.05) is 6.07 Å². The second-order valence-corrected chi connectivity index (χ2v) is 6.79. The minimum Gasteiger partial charge on any atom is -0.399 e. The zero-order valence-electron chi connectivity index (χ0n) is 9.58. The maximum absolute atomic E-state index is 5.82. The summed E-state index contributed by atoms with van der Waals surface area (Å²) in [5.74, 6) is 0. The van der Waals surface area contributed by atoms with E-state index in [2.05, 4.69) is 37.2 Å². The van der Waals surface area contributed by atoms with Gasteiger partial charge in [0.15, 0.2) is 0 Å². The van der Waals surface area contributed by atoms with Gasteiger partial charge in [0.2, 0.25) is 0 Å². The monoisotopic (exact) mass is 222 g/mol. The van der Waals surface area contributed by atoms with E-state index in [-0.39, 0.29) is 4.75 Å². The lowest BCUT2D eigenvalue weighted by molar-refractivity contribution is 0.799.